The van der Waals surface area contributed by atoms with E-state index in [0.29, 0.717) is 28.8 Å². The lowest BCUT2D eigenvalue weighted by molar-refractivity contribution is 0.0683. The predicted molar refractivity (Wildman–Crippen MR) is 92.8 cm³/mol. The van der Waals surface area contributed by atoms with E-state index in [1.54, 1.807) is 22.8 Å². The van der Waals surface area contributed by atoms with Gasteiger partial charge in [0.05, 0.1) is 0 Å². The van der Waals surface area contributed by atoms with Crippen molar-refractivity contribution in [2.45, 2.75) is 19.8 Å². The number of carbonyl (C=O) groups excluding carboxylic acids is 1. The number of nitrogens with zero attached hydrogens (tertiary/aromatic N) is 5. The smallest absolute Gasteiger partial charge is 0.254 e. The van der Waals surface area contributed by atoms with Crippen LogP contribution in [0.15, 0.2) is 23.7 Å². The second kappa shape index (κ2) is 5.86. The van der Waals surface area contributed by atoms with Crippen LogP contribution in [0.25, 0.3) is 16.5 Å². The largest absolute Gasteiger partial charge is 0.384 e. The molecule has 3 aromatic heterocycles. The number of nitrogen functional groups attached to an aromatic ring is 1. The first-order chi connectivity index (χ1) is 11.6. The molecular formula is C16H18N6OS. The molecule has 8 heteroatoms. The van der Waals surface area contributed by atoms with Crippen molar-refractivity contribution in [3.8, 4) is 10.8 Å². The molecule has 4 rings (SSSR count). The van der Waals surface area contributed by atoms with Crippen molar-refractivity contribution in [1.29, 1.82) is 0 Å². The Balaban J connectivity index is 1.70. The minimum Gasteiger partial charge on any atom is -0.384 e. The van der Waals surface area contributed by atoms with Crippen molar-refractivity contribution in [3.05, 3.63) is 29.3 Å². The van der Waals surface area contributed by atoms with Gasteiger partial charge >= 0.3 is 0 Å². The lowest BCUT2D eigenvalue weighted by atomic mass is 9.99. The van der Waals surface area contributed by atoms with Crippen LogP contribution in [0, 0.1) is 5.92 Å². The maximum Gasteiger partial charge on any atom is 0.254 e. The molecule has 1 aliphatic heterocycles. The van der Waals surface area contributed by atoms with Gasteiger partial charge in [0.25, 0.3) is 5.91 Å². The first kappa shape index (κ1) is 15.1. The standard InChI is InChI=1S/C16H18N6OS/c1-10-3-2-5-21(9-10)16(23)11-7-12(17)22-13(8-11)19-14(20-22)15-18-4-6-24-15/h4,6-8,10H,2-3,5,9,17H2,1H3. The molecule has 0 bridgehead atoms. The normalized spacial score (nSPS) is 18.2. The Morgan fingerprint density at radius 3 is 3.04 bits per heavy atom. The number of hydrogen-bond acceptors (Lipinski definition) is 6. The molecule has 1 fully saturated rings. The average molecular weight is 342 g/mol. The molecule has 124 valence electrons. The Bertz CT molecular complexity index is 887. The molecule has 24 heavy (non-hydrogen) atoms. The van der Waals surface area contributed by atoms with E-state index in [1.165, 1.54) is 17.8 Å². The van der Waals surface area contributed by atoms with E-state index >= 15 is 0 Å². The van der Waals surface area contributed by atoms with Crippen molar-refractivity contribution < 1.29 is 4.79 Å². The van der Waals surface area contributed by atoms with Crippen molar-refractivity contribution >= 4 is 28.7 Å². The molecule has 1 unspecified atom stereocenters. The third-order valence-corrected chi connectivity index (χ3v) is 5.05. The van der Waals surface area contributed by atoms with E-state index in [4.69, 9.17) is 5.73 Å². The number of anilines is 1. The SMILES string of the molecule is CC1CCCN(C(=O)c2cc(N)n3nc(-c4nccs4)nc3c2)C1. The highest BCUT2D eigenvalue weighted by atomic mass is 32.1. The Morgan fingerprint density at radius 2 is 2.29 bits per heavy atom. The van der Waals surface area contributed by atoms with Gasteiger partial charge in [0.1, 0.15) is 5.82 Å². The maximum absolute atomic E-state index is 12.8. The molecule has 1 aliphatic rings. The topological polar surface area (TPSA) is 89.4 Å². The Hall–Kier alpha value is -2.48. The van der Waals surface area contributed by atoms with Crippen LogP contribution in [-0.4, -0.2) is 43.5 Å². The van der Waals surface area contributed by atoms with E-state index in [1.807, 2.05) is 10.3 Å². The first-order valence-corrected chi connectivity index (χ1v) is 8.85. The Morgan fingerprint density at radius 1 is 1.42 bits per heavy atom. The molecule has 4 heterocycles. The summed E-state index contributed by atoms with van der Waals surface area (Å²) < 4.78 is 1.55. The maximum atomic E-state index is 12.8. The summed E-state index contributed by atoms with van der Waals surface area (Å²) in [6.45, 7) is 3.77. The highest BCUT2D eigenvalue weighted by molar-refractivity contribution is 7.13. The zero-order chi connectivity index (χ0) is 16.7. The van der Waals surface area contributed by atoms with Crippen molar-refractivity contribution in [2.75, 3.05) is 18.8 Å². The molecule has 7 nitrogen and oxygen atoms in total. The van der Waals surface area contributed by atoms with Gasteiger partial charge in [-0.2, -0.15) is 4.52 Å². The van der Waals surface area contributed by atoms with Crippen LogP contribution in [0.4, 0.5) is 5.82 Å². The molecular weight excluding hydrogens is 324 g/mol. The predicted octanol–water partition coefficient (Wildman–Crippen LogP) is 2.31. The Kier molecular flexibility index (Phi) is 3.68. The second-order valence-electron chi connectivity index (χ2n) is 6.21. The summed E-state index contributed by atoms with van der Waals surface area (Å²) in [5.74, 6) is 1.46. The van der Waals surface area contributed by atoms with E-state index in [2.05, 4.69) is 22.0 Å². The van der Waals surface area contributed by atoms with Gasteiger partial charge < -0.3 is 10.6 Å². The lowest BCUT2D eigenvalue weighted by Crippen LogP contribution is -2.39. The average Bonchev–Trinajstić information content (AvgIpc) is 3.23. The number of rotatable bonds is 2. The molecule has 1 amide bonds. The number of amides is 1. The van der Waals surface area contributed by atoms with E-state index in [0.717, 1.165) is 24.5 Å². The van der Waals surface area contributed by atoms with E-state index < -0.39 is 0 Å². The van der Waals surface area contributed by atoms with Crippen molar-refractivity contribution in [2.24, 2.45) is 5.92 Å². The molecule has 0 radical (unpaired) electrons. The van der Waals surface area contributed by atoms with Crippen LogP contribution in [0.3, 0.4) is 0 Å². The molecule has 0 saturated carbocycles. The lowest BCUT2D eigenvalue weighted by Gasteiger charge is -2.31. The van der Waals surface area contributed by atoms with Gasteiger partial charge in [0.15, 0.2) is 10.7 Å². The second-order valence-corrected chi connectivity index (χ2v) is 7.10. The van der Waals surface area contributed by atoms with Gasteiger partial charge in [-0.25, -0.2) is 9.97 Å². The van der Waals surface area contributed by atoms with Gasteiger partial charge in [-0.3, -0.25) is 4.79 Å². The molecule has 3 aromatic rings. The van der Waals surface area contributed by atoms with Gasteiger partial charge in [0.2, 0.25) is 5.82 Å². The quantitative estimate of drug-likeness (QED) is 0.772. The third-order valence-electron chi connectivity index (χ3n) is 4.28. The van der Waals surface area contributed by atoms with Gasteiger partial charge in [-0.15, -0.1) is 16.4 Å². The summed E-state index contributed by atoms with van der Waals surface area (Å²) in [4.78, 5) is 23.4. The van der Waals surface area contributed by atoms with Crippen LogP contribution in [0.5, 0.6) is 0 Å². The van der Waals surface area contributed by atoms with Crippen LogP contribution in [0.2, 0.25) is 0 Å². The van der Waals surface area contributed by atoms with E-state index in [9.17, 15) is 4.79 Å². The van der Waals surface area contributed by atoms with E-state index in [-0.39, 0.29) is 5.91 Å². The number of pyridine rings is 1. The fourth-order valence-electron chi connectivity index (χ4n) is 3.11. The number of carbonyl (C=O) groups is 1. The minimum atomic E-state index is 0.00884. The van der Waals surface area contributed by atoms with Crippen LogP contribution in [-0.2, 0) is 0 Å². The van der Waals surface area contributed by atoms with Crippen LogP contribution in [0.1, 0.15) is 30.1 Å². The fourth-order valence-corrected chi connectivity index (χ4v) is 3.68. The number of piperidine rings is 1. The van der Waals surface area contributed by atoms with Gasteiger partial charge in [-0.1, -0.05) is 6.92 Å². The van der Waals surface area contributed by atoms with Gasteiger partial charge in [0, 0.05) is 30.2 Å². The number of aromatic nitrogens is 4. The first-order valence-electron chi connectivity index (χ1n) is 7.97. The Labute approximate surface area is 143 Å². The number of thiazole rings is 1. The highest BCUT2D eigenvalue weighted by Gasteiger charge is 2.23. The molecule has 0 aliphatic carbocycles. The number of nitrogens with two attached hydrogens (primary N) is 1. The van der Waals surface area contributed by atoms with Crippen LogP contribution >= 0.6 is 11.3 Å². The van der Waals surface area contributed by atoms with Crippen molar-refractivity contribution in [3.63, 3.8) is 0 Å². The molecule has 0 spiro atoms. The minimum absolute atomic E-state index is 0.00884. The summed E-state index contributed by atoms with van der Waals surface area (Å²) in [7, 11) is 0. The summed E-state index contributed by atoms with van der Waals surface area (Å²) in [6.07, 6.45) is 3.93. The summed E-state index contributed by atoms with van der Waals surface area (Å²) in [6, 6.07) is 3.43. The molecule has 1 atom stereocenters. The molecule has 1 saturated heterocycles. The third kappa shape index (κ3) is 2.62. The molecule has 0 aromatic carbocycles. The molecule has 2 N–H and O–H groups in total. The summed E-state index contributed by atoms with van der Waals surface area (Å²) in [5, 5.41) is 6.99. The highest BCUT2D eigenvalue weighted by Crippen LogP contribution is 2.23. The zero-order valence-corrected chi connectivity index (χ0v) is 14.2. The number of hydrogen-bond donors (Lipinski definition) is 1. The summed E-state index contributed by atoms with van der Waals surface area (Å²) >= 11 is 1.47. The van der Waals surface area contributed by atoms with Crippen LogP contribution < -0.4 is 5.73 Å². The zero-order valence-electron chi connectivity index (χ0n) is 13.3. The fraction of sp³-hybridized carbons (Fsp3) is 0.375. The van der Waals surface area contributed by atoms with Crippen molar-refractivity contribution in [1.82, 2.24) is 24.5 Å². The number of fused-ring (bicyclic) bond motifs is 1. The monoisotopic (exact) mass is 342 g/mol. The van der Waals surface area contributed by atoms with Gasteiger partial charge in [-0.05, 0) is 30.9 Å². The number of likely N-dealkylation sites (tertiary alicyclic amines) is 1. The summed E-state index contributed by atoms with van der Waals surface area (Å²) in [5.41, 5.74) is 7.22.